The molecule has 2 atom stereocenters. The number of halogens is 3. The van der Waals surface area contributed by atoms with Crippen LogP contribution >= 0.6 is 35.6 Å². The number of urea groups is 1. The Balaban J connectivity index is 0.000000180. The molecular weight excluding hydrogens is 939 g/mol. The van der Waals surface area contributed by atoms with Crippen LogP contribution in [0.25, 0.3) is 23.3 Å². The smallest absolute Gasteiger partial charge is 0.321 e. The Morgan fingerprint density at radius 3 is 1.64 bits per heavy atom. The van der Waals surface area contributed by atoms with Crippen LogP contribution in [0.2, 0.25) is 10.0 Å². The van der Waals surface area contributed by atoms with E-state index < -0.39 is 0 Å². The zero-order valence-electron chi connectivity index (χ0n) is 39.0. The third-order valence-electron chi connectivity index (χ3n) is 13.5. The lowest BCUT2D eigenvalue weighted by Gasteiger charge is -2.39. The average molecular weight is 992 g/mol. The van der Waals surface area contributed by atoms with E-state index in [-0.39, 0.29) is 30.5 Å². The van der Waals surface area contributed by atoms with Gasteiger partial charge in [0.15, 0.2) is 0 Å². The molecule has 7 aromatic rings. The Bertz CT molecular complexity index is 3100. The van der Waals surface area contributed by atoms with E-state index in [1.54, 1.807) is 24.3 Å². The summed E-state index contributed by atoms with van der Waals surface area (Å²) in [6.07, 6.45) is 15.9. The van der Waals surface area contributed by atoms with Gasteiger partial charge in [-0.2, -0.15) is 5.26 Å². The van der Waals surface area contributed by atoms with E-state index in [9.17, 15) is 4.79 Å². The van der Waals surface area contributed by atoms with Gasteiger partial charge < -0.3 is 24.7 Å². The topological polar surface area (TPSA) is 136 Å². The van der Waals surface area contributed by atoms with Crippen molar-refractivity contribution in [2.75, 3.05) is 57.7 Å². The van der Waals surface area contributed by atoms with Crippen molar-refractivity contribution in [2.45, 2.75) is 39.0 Å². The number of amides is 2. The summed E-state index contributed by atoms with van der Waals surface area (Å²) in [5.41, 5.74) is 12.7. The summed E-state index contributed by atoms with van der Waals surface area (Å²) in [4.78, 5) is 38.3. The zero-order valence-corrected chi connectivity index (χ0v) is 41.3. The largest absolute Gasteiger partial charge is 0.331 e. The molecule has 13 nitrogen and oxygen atoms in total. The van der Waals surface area contributed by atoms with Crippen molar-refractivity contribution >= 4 is 70.6 Å². The second-order valence-electron chi connectivity index (χ2n) is 17.7. The first-order chi connectivity index (χ1) is 33.7. The maximum Gasteiger partial charge on any atom is 0.321 e. The molecule has 16 heteroatoms. The van der Waals surface area contributed by atoms with Gasteiger partial charge in [-0.15, -0.1) is 12.4 Å². The molecule has 2 amide bonds. The van der Waals surface area contributed by atoms with Crippen molar-refractivity contribution < 1.29 is 4.79 Å². The van der Waals surface area contributed by atoms with Gasteiger partial charge in [0.05, 0.1) is 35.1 Å². The van der Waals surface area contributed by atoms with Crippen molar-refractivity contribution in [1.82, 2.24) is 49.1 Å². The standard InChI is InChI=1S/C31H28ClN7O.C23H24ClN5.ClH/c1-21-34-11-12-39(21)20-24-17-23-3-2-10-35-29(23)30(27-9-6-25(32)18-28(24)27)37-13-15-38(16-14-37)31(40)36-26-7-4-22(19-33)5-8-26;1-16-26-9-12-29(16)15-18-13-17-3-2-6-27-22(17)23(28-10-7-25-8-11-28)20-5-4-19(24)14-21(18)20;/h2-12,17-18,30H,13-16,20H2,1H3,(H,36,40);2-6,9,12-14,23,25H,7-8,10-11,15H2,1H3;1H. The second-order valence-corrected chi connectivity index (χ2v) is 18.6. The van der Waals surface area contributed by atoms with Crippen molar-refractivity contribution in [3.8, 4) is 6.07 Å². The van der Waals surface area contributed by atoms with Gasteiger partial charge in [-0.1, -0.05) is 47.5 Å². The number of aromatic nitrogens is 6. The highest BCUT2D eigenvalue weighted by Gasteiger charge is 2.35. The van der Waals surface area contributed by atoms with E-state index in [0.29, 0.717) is 49.0 Å². The number of nitrogens with zero attached hydrogens (tertiary/aromatic N) is 10. The molecule has 2 N–H and O–H groups in total. The number of aryl methyl sites for hydroxylation is 2. The number of anilines is 1. The fraction of sp³-hybridized carbons (Fsp3) is 0.259. The molecule has 70 heavy (non-hydrogen) atoms. The molecule has 0 saturated carbocycles. The molecule has 4 aromatic heterocycles. The van der Waals surface area contributed by atoms with Crippen LogP contribution in [0.4, 0.5) is 10.5 Å². The molecule has 0 bridgehead atoms. The van der Waals surface area contributed by atoms with Gasteiger partial charge >= 0.3 is 6.03 Å². The summed E-state index contributed by atoms with van der Waals surface area (Å²) in [5, 5.41) is 16.9. The van der Waals surface area contributed by atoms with Crippen LogP contribution in [-0.2, 0) is 13.1 Å². The molecule has 4 aliphatic rings. The molecule has 356 valence electrons. The Morgan fingerprint density at radius 1 is 0.671 bits per heavy atom. The highest BCUT2D eigenvalue weighted by Crippen LogP contribution is 2.42. The van der Waals surface area contributed by atoms with Gasteiger partial charge in [-0.05, 0) is 131 Å². The fourth-order valence-electron chi connectivity index (χ4n) is 9.94. The van der Waals surface area contributed by atoms with E-state index in [1.807, 2.05) is 80.2 Å². The van der Waals surface area contributed by atoms with Crippen LogP contribution < -0.4 is 10.6 Å². The normalized spacial score (nSPS) is 17.6. The monoisotopic (exact) mass is 990 g/mol. The Labute approximate surface area is 424 Å². The number of allylic oxidation sites excluding steroid dienone is 2. The number of fused-ring (bicyclic) bond motifs is 4. The number of nitrogens with one attached hydrogen (secondary N) is 2. The summed E-state index contributed by atoms with van der Waals surface area (Å²) in [6.45, 7) is 12.0. The number of hydrogen-bond donors (Lipinski definition) is 2. The predicted molar refractivity (Wildman–Crippen MR) is 280 cm³/mol. The molecule has 11 rings (SSSR count). The lowest BCUT2D eigenvalue weighted by Crippen LogP contribution is -2.51. The van der Waals surface area contributed by atoms with Crippen molar-refractivity contribution in [3.05, 3.63) is 194 Å². The Morgan fingerprint density at radius 2 is 1.17 bits per heavy atom. The number of nitriles is 1. The summed E-state index contributed by atoms with van der Waals surface area (Å²) in [6, 6.07) is 29.6. The van der Waals surface area contributed by atoms with Crippen LogP contribution in [0.5, 0.6) is 0 Å². The summed E-state index contributed by atoms with van der Waals surface area (Å²) < 4.78 is 4.32. The van der Waals surface area contributed by atoms with Crippen LogP contribution in [0.15, 0.2) is 122 Å². The first-order valence-electron chi connectivity index (χ1n) is 23.3. The van der Waals surface area contributed by atoms with E-state index in [2.05, 4.69) is 94.2 Å². The molecule has 2 fully saturated rings. The molecule has 3 aromatic carbocycles. The lowest BCUT2D eigenvalue weighted by atomic mass is 9.93. The number of benzene rings is 3. The van der Waals surface area contributed by atoms with Crippen LogP contribution in [-0.4, -0.2) is 102 Å². The highest BCUT2D eigenvalue weighted by atomic mass is 35.5. The Kier molecular flexibility index (Phi) is 14.9. The van der Waals surface area contributed by atoms with Gasteiger partial charge in [0.25, 0.3) is 0 Å². The summed E-state index contributed by atoms with van der Waals surface area (Å²) >= 11 is 13.0. The number of carbonyl (C=O) groups is 1. The molecule has 0 radical (unpaired) electrons. The molecule has 2 saturated heterocycles. The zero-order chi connectivity index (χ0) is 47.4. The number of imidazole rings is 2. The van der Waals surface area contributed by atoms with Crippen molar-refractivity contribution in [1.29, 1.82) is 5.26 Å². The minimum atomic E-state index is -0.143. The molecule has 2 unspecified atom stereocenters. The first-order valence-corrected chi connectivity index (χ1v) is 24.1. The van der Waals surface area contributed by atoms with Gasteiger partial charge in [-0.25, -0.2) is 14.8 Å². The van der Waals surface area contributed by atoms with Gasteiger partial charge in [0.2, 0.25) is 0 Å². The van der Waals surface area contributed by atoms with E-state index >= 15 is 0 Å². The average Bonchev–Trinajstić information content (AvgIpc) is 3.91. The van der Waals surface area contributed by atoms with Gasteiger partial charge in [0.1, 0.15) is 11.6 Å². The van der Waals surface area contributed by atoms with E-state index in [4.69, 9.17) is 38.4 Å². The summed E-state index contributed by atoms with van der Waals surface area (Å²) in [5.74, 6) is 1.95. The van der Waals surface area contributed by atoms with E-state index in [0.717, 1.165) is 83.0 Å². The second kappa shape index (κ2) is 21.6. The number of piperazine rings is 2. The maximum atomic E-state index is 13.0. The SMILES string of the molecule is Cc1nccn1CC1=Cc2cccnc2C(N2CCN(C(=O)Nc3ccc(C#N)cc3)CC2)c2ccc(Cl)cc21.Cc1nccn1CC1=Cc2cccnc2C(N2CCNCC2)c2ccc(Cl)cc21.Cl. The first kappa shape index (κ1) is 48.4. The predicted octanol–water partition coefficient (Wildman–Crippen LogP) is 9.82. The van der Waals surface area contributed by atoms with Crippen molar-refractivity contribution in [2.24, 2.45) is 0 Å². The van der Waals surface area contributed by atoms with Crippen LogP contribution in [0.1, 0.15) is 74.1 Å². The minimum Gasteiger partial charge on any atom is -0.331 e. The van der Waals surface area contributed by atoms with Crippen molar-refractivity contribution in [3.63, 3.8) is 0 Å². The quantitative estimate of drug-likeness (QED) is 0.160. The third kappa shape index (κ3) is 10.3. The number of carbonyl (C=O) groups excluding carboxylic acids is 1. The minimum absolute atomic E-state index is 0. The molecule has 2 aliphatic heterocycles. The molecule has 2 aliphatic carbocycles. The van der Waals surface area contributed by atoms with E-state index in [1.165, 1.54) is 22.3 Å². The lowest BCUT2D eigenvalue weighted by molar-refractivity contribution is 0.125. The van der Waals surface area contributed by atoms with Gasteiger partial charge in [-0.3, -0.25) is 19.8 Å². The van der Waals surface area contributed by atoms with Crippen LogP contribution in [0, 0.1) is 25.2 Å². The molecule has 0 spiro atoms. The number of pyridine rings is 2. The Hall–Kier alpha value is -6.63. The number of rotatable bonds is 7. The van der Waals surface area contributed by atoms with Crippen LogP contribution in [0.3, 0.4) is 0 Å². The molecular formula is C54H53Cl3N12O. The molecule has 6 heterocycles. The summed E-state index contributed by atoms with van der Waals surface area (Å²) in [7, 11) is 0. The number of hydrogen-bond acceptors (Lipinski definition) is 9. The highest BCUT2D eigenvalue weighted by molar-refractivity contribution is 6.31. The fourth-order valence-corrected chi connectivity index (χ4v) is 10.3. The maximum absolute atomic E-state index is 13.0. The third-order valence-corrected chi connectivity index (χ3v) is 14.0. The van der Waals surface area contributed by atoms with Gasteiger partial charge in [0, 0.05) is 118 Å².